The highest BCUT2D eigenvalue weighted by atomic mass is 16.1. The Balaban J connectivity index is 2.02. The molecular weight excluding hydrogens is 350 g/mol. The number of carbonyl (C=O) groups is 1. The highest BCUT2D eigenvalue weighted by Gasteiger charge is 2.16. The Morgan fingerprint density at radius 2 is 1.71 bits per heavy atom. The summed E-state index contributed by atoms with van der Waals surface area (Å²) in [6, 6.07) is 20.2. The van der Waals surface area contributed by atoms with Gasteiger partial charge in [0.25, 0.3) is 5.91 Å². The van der Waals surface area contributed by atoms with E-state index in [2.05, 4.69) is 26.3 Å². The Kier molecular flexibility index (Phi) is 5.97. The van der Waals surface area contributed by atoms with Gasteiger partial charge in [0.15, 0.2) is 5.82 Å². The number of nitrogens with one attached hydrogen (secondary N) is 1. The van der Waals surface area contributed by atoms with Crippen LogP contribution in [0, 0.1) is 11.3 Å². The summed E-state index contributed by atoms with van der Waals surface area (Å²) in [6.07, 6.45) is 0. The van der Waals surface area contributed by atoms with Crippen LogP contribution in [-0.2, 0) is 0 Å². The predicted molar refractivity (Wildman–Crippen MR) is 110 cm³/mol. The molecule has 0 saturated heterocycles. The van der Waals surface area contributed by atoms with E-state index in [1.54, 1.807) is 30.3 Å². The third kappa shape index (κ3) is 4.15. The Morgan fingerprint density at radius 1 is 1.04 bits per heavy atom. The van der Waals surface area contributed by atoms with Gasteiger partial charge < -0.3 is 10.2 Å². The summed E-state index contributed by atoms with van der Waals surface area (Å²) in [4.78, 5) is 24.1. The van der Waals surface area contributed by atoms with Crippen molar-refractivity contribution in [1.29, 1.82) is 5.26 Å². The number of hydrogen-bond donors (Lipinski definition) is 1. The number of amides is 1. The fraction of sp³-hybridized carbons (Fsp3) is 0.182. The maximum absolute atomic E-state index is 12.9. The van der Waals surface area contributed by atoms with Crippen molar-refractivity contribution in [3.8, 4) is 17.5 Å². The molecule has 1 aromatic heterocycles. The largest absolute Gasteiger partial charge is 0.357 e. The van der Waals surface area contributed by atoms with Crippen molar-refractivity contribution >= 4 is 17.4 Å². The molecule has 3 aromatic rings. The topological polar surface area (TPSA) is 81.9 Å². The van der Waals surface area contributed by atoms with Crippen LogP contribution in [-0.4, -0.2) is 29.0 Å². The normalized spacial score (nSPS) is 10.2. The number of aromatic nitrogens is 2. The molecule has 0 fully saturated rings. The standard InChI is InChI=1S/C22H21N5O/c1-3-27(4-2)20-14-19(24-21(26-20)16-10-6-5-7-11-16)22(28)25-18-13-9-8-12-17(18)15-23/h5-14H,3-4H2,1-2H3,(H,25,28). The van der Waals surface area contributed by atoms with E-state index in [1.165, 1.54) is 0 Å². The monoisotopic (exact) mass is 371 g/mol. The van der Waals surface area contributed by atoms with Crippen molar-refractivity contribution < 1.29 is 4.79 Å². The maximum Gasteiger partial charge on any atom is 0.274 e. The van der Waals surface area contributed by atoms with Crippen LogP contribution in [0.1, 0.15) is 29.9 Å². The molecule has 0 aliphatic rings. The lowest BCUT2D eigenvalue weighted by Crippen LogP contribution is -2.24. The van der Waals surface area contributed by atoms with Gasteiger partial charge in [-0.1, -0.05) is 42.5 Å². The van der Waals surface area contributed by atoms with Crippen LogP contribution in [0.2, 0.25) is 0 Å². The lowest BCUT2D eigenvalue weighted by Gasteiger charge is -2.21. The summed E-state index contributed by atoms with van der Waals surface area (Å²) in [7, 11) is 0. The summed E-state index contributed by atoms with van der Waals surface area (Å²) >= 11 is 0. The smallest absolute Gasteiger partial charge is 0.274 e. The zero-order valence-electron chi connectivity index (χ0n) is 15.9. The van der Waals surface area contributed by atoms with Crippen molar-refractivity contribution in [3.63, 3.8) is 0 Å². The molecule has 1 amide bonds. The molecule has 28 heavy (non-hydrogen) atoms. The average Bonchev–Trinajstić information content (AvgIpc) is 2.75. The molecular formula is C22H21N5O. The van der Waals surface area contributed by atoms with Crippen LogP contribution in [0.15, 0.2) is 60.7 Å². The summed E-state index contributed by atoms with van der Waals surface area (Å²) in [6.45, 7) is 5.60. The number of nitrogens with zero attached hydrogens (tertiary/aromatic N) is 4. The van der Waals surface area contributed by atoms with Crippen molar-refractivity contribution in [2.75, 3.05) is 23.3 Å². The van der Waals surface area contributed by atoms with Gasteiger partial charge >= 0.3 is 0 Å². The molecule has 0 aliphatic heterocycles. The van der Waals surface area contributed by atoms with Crippen LogP contribution in [0.5, 0.6) is 0 Å². The van der Waals surface area contributed by atoms with Gasteiger partial charge in [0, 0.05) is 24.7 Å². The van der Waals surface area contributed by atoms with Crippen LogP contribution in [0.4, 0.5) is 11.5 Å². The van der Waals surface area contributed by atoms with E-state index >= 15 is 0 Å². The number of rotatable bonds is 6. The van der Waals surface area contributed by atoms with Gasteiger partial charge in [-0.15, -0.1) is 0 Å². The van der Waals surface area contributed by atoms with Crippen molar-refractivity contribution in [1.82, 2.24) is 9.97 Å². The lowest BCUT2D eigenvalue weighted by molar-refractivity contribution is 0.102. The first-order valence-electron chi connectivity index (χ1n) is 9.16. The molecule has 1 N–H and O–H groups in total. The number of benzene rings is 2. The molecule has 2 aromatic carbocycles. The van der Waals surface area contributed by atoms with E-state index in [0.29, 0.717) is 22.9 Å². The fourth-order valence-electron chi connectivity index (χ4n) is 2.85. The zero-order chi connectivity index (χ0) is 19.9. The maximum atomic E-state index is 12.9. The lowest BCUT2D eigenvalue weighted by atomic mass is 10.2. The van der Waals surface area contributed by atoms with Gasteiger partial charge in [0.1, 0.15) is 17.6 Å². The summed E-state index contributed by atoms with van der Waals surface area (Å²) < 4.78 is 0. The zero-order valence-corrected chi connectivity index (χ0v) is 15.9. The third-order valence-corrected chi connectivity index (χ3v) is 4.36. The molecule has 0 aliphatic carbocycles. The van der Waals surface area contributed by atoms with E-state index in [9.17, 15) is 10.1 Å². The number of carbonyl (C=O) groups excluding carboxylic acids is 1. The van der Waals surface area contributed by atoms with Gasteiger partial charge in [-0.25, -0.2) is 9.97 Å². The van der Waals surface area contributed by atoms with Crippen molar-refractivity contribution in [2.24, 2.45) is 0 Å². The Hall–Kier alpha value is -3.72. The Morgan fingerprint density at radius 3 is 2.39 bits per heavy atom. The van der Waals surface area contributed by atoms with Gasteiger partial charge in [-0.2, -0.15) is 5.26 Å². The highest BCUT2D eigenvalue weighted by molar-refractivity contribution is 6.04. The number of hydrogen-bond acceptors (Lipinski definition) is 5. The highest BCUT2D eigenvalue weighted by Crippen LogP contribution is 2.21. The molecule has 6 heteroatoms. The van der Waals surface area contributed by atoms with Crippen LogP contribution >= 0.6 is 0 Å². The van der Waals surface area contributed by atoms with E-state index in [4.69, 9.17) is 0 Å². The third-order valence-electron chi connectivity index (χ3n) is 4.36. The molecule has 0 bridgehead atoms. The van der Waals surface area contributed by atoms with Gasteiger partial charge in [-0.05, 0) is 26.0 Å². The minimum Gasteiger partial charge on any atom is -0.357 e. The summed E-state index contributed by atoms with van der Waals surface area (Å²) in [5, 5.41) is 12.0. The molecule has 1 heterocycles. The molecule has 0 saturated carbocycles. The first kappa shape index (κ1) is 19.1. The van der Waals surface area contributed by atoms with E-state index in [-0.39, 0.29) is 11.6 Å². The molecule has 6 nitrogen and oxygen atoms in total. The fourth-order valence-corrected chi connectivity index (χ4v) is 2.85. The first-order valence-corrected chi connectivity index (χ1v) is 9.16. The van der Waals surface area contributed by atoms with E-state index < -0.39 is 0 Å². The van der Waals surface area contributed by atoms with Crippen LogP contribution < -0.4 is 10.2 Å². The van der Waals surface area contributed by atoms with Gasteiger partial charge in [-0.3, -0.25) is 4.79 Å². The Bertz CT molecular complexity index is 1010. The average molecular weight is 371 g/mol. The summed E-state index contributed by atoms with van der Waals surface area (Å²) in [5.41, 5.74) is 1.95. The molecule has 3 rings (SSSR count). The second kappa shape index (κ2) is 8.78. The van der Waals surface area contributed by atoms with E-state index in [1.807, 2.05) is 44.2 Å². The minimum atomic E-state index is -0.379. The number of nitriles is 1. The van der Waals surface area contributed by atoms with E-state index in [0.717, 1.165) is 18.7 Å². The van der Waals surface area contributed by atoms with Crippen LogP contribution in [0.3, 0.4) is 0 Å². The quantitative estimate of drug-likeness (QED) is 0.705. The van der Waals surface area contributed by atoms with Crippen molar-refractivity contribution in [2.45, 2.75) is 13.8 Å². The minimum absolute atomic E-state index is 0.253. The molecule has 0 unspecified atom stereocenters. The molecule has 0 radical (unpaired) electrons. The molecule has 0 atom stereocenters. The summed E-state index contributed by atoms with van der Waals surface area (Å²) in [5.74, 6) is 0.803. The van der Waals surface area contributed by atoms with Crippen molar-refractivity contribution in [3.05, 3.63) is 71.9 Å². The van der Waals surface area contributed by atoms with Gasteiger partial charge in [0.05, 0.1) is 11.3 Å². The SMILES string of the molecule is CCN(CC)c1cc(C(=O)Nc2ccccc2C#N)nc(-c2ccccc2)n1. The predicted octanol–water partition coefficient (Wildman–Crippen LogP) is 4.11. The first-order chi connectivity index (χ1) is 13.7. The second-order valence-electron chi connectivity index (χ2n) is 6.08. The van der Waals surface area contributed by atoms with Gasteiger partial charge in [0.2, 0.25) is 0 Å². The number of anilines is 2. The Labute approximate surface area is 164 Å². The number of para-hydroxylation sites is 1. The van der Waals surface area contributed by atoms with Crippen LogP contribution in [0.25, 0.3) is 11.4 Å². The second-order valence-corrected chi connectivity index (χ2v) is 6.08. The molecule has 0 spiro atoms. The molecule has 140 valence electrons.